The van der Waals surface area contributed by atoms with E-state index < -0.39 is 0 Å². The van der Waals surface area contributed by atoms with Crippen molar-refractivity contribution in [2.24, 2.45) is 5.92 Å². The maximum atomic E-state index is 8.90. The first-order valence-corrected chi connectivity index (χ1v) is 7.12. The molecule has 0 saturated heterocycles. The first-order valence-electron chi connectivity index (χ1n) is 7.12. The molecule has 0 spiro atoms. The van der Waals surface area contributed by atoms with Crippen LogP contribution in [0.1, 0.15) is 38.2 Å². The molecule has 0 radical (unpaired) electrons. The van der Waals surface area contributed by atoms with Crippen LogP contribution in [0.15, 0.2) is 18.2 Å². The van der Waals surface area contributed by atoms with Crippen LogP contribution < -0.4 is 10.1 Å². The number of nitriles is 1. The Morgan fingerprint density at radius 3 is 2.63 bits per heavy atom. The van der Waals surface area contributed by atoms with Crippen molar-refractivity contribution in [1.82, 2.24) is 0 Å². The van der Waals surface area contributed by atoms with Gasteiger partial charge < -0.3 is 10.1 Å². The normalized spacial score (nSPS) is 22.6. The zero-order valence-corrected chi connectivity index (χ0v) is 11.8. The minimum atomic E-state index is 0.264. The van der Waals surface area contributed by atoms with E-state index in [-0.39, 0.29) is 5.92 Å². The Hall–Kier alpha value is -1.69. The molecule has 19 heavy (non-hydrogen) atoms. The average molecular weight is 258 g/mol. The number of benzene rings is 1. The van der Waals surface area contributed by atoms with Crippen LogP contribution >= 0.6 is 0 Å². The highest BCUT2D eigenvalue weighted by atomic mass is 16.5. The van der Waals surface area contributed by atoms with Gasteiger partial charge in [0.05, 0.1) is 12.7 Å². The van der Waals surface area contributed by atoms with E-state index in [2.05, 4.69) is 30.4 Å². The molecule has 1 saturated carbocycles. The lowest BCUT2D eigenvalue weighted by atomic mass is 9.87. The molecular weight excluding hydrogens is 236 g/mol. The van der Waals surface area contributed by atoms with E-state index in [9.17, 15) is 0 Å². The summed E-state index contributed by atoms with van der Waals surface area (Å²) in [6, 6.07) is 9.12. The number of rotatable bonds is 4. The Balaban J connectivity index is 1.93. The summed E-state index contributed by atoms with van der Waals surface area (Å²) < 4.78 is 5.55. The SMILES string of the molecule is CCOc1ccc(NC2CCC(C#N)CC2)cc1C. The van der Waals surface area contributed by atoms with E-state index >= 15 is 0 Å². The Bertz CT molecular complexity index is 456. The molecule has 102 valence electrons. The van der Waals surface area contributed by atoms with Gasteiger partial charge >= 0.3 is 0 Å². The number of nitrogens with one attached hydrogen (secondary N) is 1. The summed E-state index contributed by atoms with van der Waals surface area (Å²) in [4.78, 5) is 0. The molecule has 0 aliphatic heterocycles. The molecule has 0 unspecified atom stereocenters. The van der Waals surface area contributed by atoms with Gasteiger partial charge in [0.25, 0.3) is 0 Å². The number of hydrogen-bond acceptors (Lipinski definition) is 3. The molecule has 0 bridgehead atoms. The van der Waals surface area contributed by atoms with Crippen LogP contribution in [0.5, 0.6) is 5.75 Å². The highest BCUT2D eigenvalue weighted by Crippen LogP contribution is 2.28. The summed E-state index contributed by atoms with van der Waals surface area (Å²) in [5.74, 6) is 1.22. The molecule has 1 aliphatic carbocycles. The monoisotopic (exact) mass is 258 g/mol. The Labute approximate surface area is 115 Å². The van der Waals surface area contributed by atoms with Crippen LogP contribution in [0, 0.1) is 24.2 Å². The van der Waals surface area contributed by atoms with Crippen LogP contribution in [-0.2, 0) is 0 Å². The van der Waals surface area contributed by atoms with Gasteiger partial charge in [-0.05, 0) is 63.3 Å². The summed E-state index contributed by atoms with van der Waals surface area (Å²) >= 11 is 0. The van der Waals surface area contributed by atoms with E-state index in [1.807, 2.05) is 13.0 Å². The van der Waals surface area contributed by atoms with Crippen LogP contribution in [0.4, 0.5) is 5.69 Å². The van der Waals surface area contributed by atoms with Crippen molar-refractivity contribution < 1.29 is 4.74 Å². The maximum Gasteiger partial charge on any atom is 0.122 e. The summed E-state index contributed by atoms with van der Waals surface area (Å²) in [5, 5.41) is 12.5. The molecule has 1 aromatic carbocycles. The molecule has 2 rings (SSSR count). The molecular formula is C16H22N2O. The zero-order chi connectivity index (χ0) is 13.7. The topological polar surface area (TPSA) is 45.0 Å². The first kappa shape index (κ1) is 13.7. The second kappa shape index (κ2) is 6.47. The summed E-state index contributed by atoms with van der Waals surface area (Å²) in [6.07, 6.45) is 4.21. The third kappa shape index (κ3) is 3.64. The second-order valence-electron chi connectivity index (χ2n) is 5.24. The summed E-state index contributed by atoms with van der Waals surface area (Å²) in [5.41, 5.74) is 2.32. The predicted octanol–water partition coefficient (Wildman–Crippen LogP) is 3.89. The predicted molar refractivity (Wildman–Crippen MR) is 77.3 cm³/mol. The number of hydrogen-bond donors (Lipinski definition) is 1. The largest absolute Gasteiger partial charge is 0.494 e. The summed E-state index contributed by atoms with van der Waals surface area (Å²) in [7, 11) is 0. The molecule has 1 aliphatic rings. The van der Waals surface area contributed by atoms with Crippen LogP contribution in [0.25, 0.3) is 0 Å². The average Bonchev–Trinajstić information content (AvgIpc) is 2.43. The Morgan fingerprint density at radius 2 is 2.05 bits per heavy atom. The van der Waals surface area contributed by atoms with Crippen LogP contribution in [-0.4, -0.2) is 12.6 Å². The fourth-order valence-corrected chi connectivity index (χ4v) is 2.66. The van der Waals surface area contributed by atoms with Crippen LogP contribution in [0.2, 0.25) is 0 Å². The van der Waals surface area contributed by atoms with Gasteiger partial charge in [-0.2, -0.15) is 5.26 Å². The van der Waals surface area contributed by atoms with Gasteiger partial charge in [-0.3, -0.25) is 0 Å². The van der Waals surface area contributed by atoms with Crippen molar-refractivity contribution in [3.8, 4) is 11.8 Å². The van der Waals surface area contributed by atoms with Gasteiger partial charge in [-0.15, -0.1) is 0 Å². The lowest BCUT2D eigenvalue weighted by Gasteiger charge is -2.26. The molecule has 3 nitrogen and oxygen atoms in total. The fraction of sp³-hybridized carbons (Fsp3) is 0.562. The van der Waals surface area contributed by atoms with Crippen molar-refractivity contribution in [1.29, 1.82) is 5.26 Å². The van der Waals surface area contributed by atoms with Gasteiger partial charge in [0.1, 0.15) is 5.75 Å². The minimum Gasteiger partial charge on any atom is -0.494 e. The lowest BCUT2D eigenvalue weighted by Crippen LogP contribution is -2.25. The smallest absolute Gasteiger partial charge is 0.122 e. The lowest BCUT2D eigenvalue weighted by molar-refractivity contribution is 0.338. The molecule has 0 atom stereocenters. The molecule has 1 aromatic rings. The van der Waals surface area contributed by atoms with Gasteiger partial charge in [0.2, 0.25) is 0 Å². The quantitative estimate of drug-likeness (QED) is 0.891. The van der Waals surface area contributed by atoms with E-state index in [1.54, 1.807) is 0 Å². The third-order valence-corrected chi connectivity index (χ3v) is 3.76. The van der Waals surface area contributed by atoms with E-state index in [0.717, 1.165) is 42.7 Å². The fourth-order valence-electron chi connectivity index (χ4n) is 2.66. The van der Waals surface area contributed by atoms with Crippen molar-refractivity contribution in [2.45, 2.75) is 45.6 Å². The minimum absolute atomic E-state index is 0.264. The highest BCUT2D eigenvalue weighted by Gasteiger charge is 2.20. The maximum absolute atomic E-state index is 8.90. The standard InChI is InChI=1S/C16H22N2O/c1-3-19-16-9-8-15(10-12(16)2)18-14-6-4-13(11-17)5-7-14/h8-10,13-14,18H,3-7H2,1-2H3. The molecule has 0 aromatic heterocycles. The van der Waals surface area contributed by atoms with Crippen molar-refractivity contribution in [3.63, 3.8) is 0 Å². The number of aryl methyl sites for hydroxylation is 1. The molecule has 0 heterocycles. The first-order chi connectivity index (χ1) is 9.22. The van der Waals surface area contributed by atoms with Crippen LogP contribution in [0.3, 0.4) is 0 Å². The van der Waals surface area contributed by atoms with E-state index in [0.29, 0.717) is 12.6 Å². The third-order valence-electron chi connectivity index (χ3n) is 3.76. The number of nitrogens with zero attached hydrogens (tertiary/aromatic N) is 1. The zero-order valence-electron chi connectivity index (χ0n) is 11.8. The molecule has 1 N–H and O–H groups in total. The van der Waals surface area contributed by atoms with Crippen molar-refractivity contribution in [2.75, 3.05) is 11.9 Å². The van der Waals surface area contributed by atoms with Crippen molar-refractivity contribution >= 4 is 5.69 Å². The number of ether oxygens (including phenoxy) is 1. The molecule has 3 heteroatoms. The molecule has 1 fully saturated rings. The van der Waals surface area contributed by atoms with Gasteiger partial charge in [0.15, 0.2) is 0 Å². The van der Waals surface area contributed by atoms with E-state index in [1.165, 1.54) is 0 Å². The Morgan fingerprint density at radius 1 is 1.32 bits per heavy atom. The van der Waals surface area contributed by atoms with E-state index in [4.69, 9.17) is 10.00 Å². The number of anilines is 1. The van der Waals surface area contributed by atoms with Crippen molar-refractivity contribution in [3.05, 3.63) is 23.8 Å². The second-order valence-corrected chi connectivity index (χ2v) is 5.24. The van der Waals surface area contributed by atoms with Gasteiger partial charge in [0, 0.05) is 17.6 Å². The van der Waals surface area contributed by atoms with Gasteiger partial charge in [-0.1, -0.05) is 0 Å². The molecule has 0 amide bonds. The Kier molecular flexibility index (Phi) is 4.68. The summed E-state index contributed by atoms with van der Waals surface area (Å²) in [6.45, 7) is 4.77. The van der Waals surface area contributed by atoms with Gasteiger partial charge in [-0.25, -0.2) is 0 Å². The highest BCUT2D eigenvalue weighted by molar-refractivity contribution is 5.51.